The molecule has 0 radical (unpaired) electrons. The average Bonchev–Trinajstić information content (AvgIpc) is 2.80. The summed E-state index contributed by atoms with van der Waals surface area (Å²) in [5.41, 5.74) is 4.06. The first kappa shape index (κ1) is 14.1. The van der Waals surface area contributed by atoms with Gasteiger partial charge in [0, 0.05) is 12.5 Å². The van der Waals surface area contributed by atoms with Crippen LogP contribution in [0.3, 0.4) is 0 Å². The van der Waals surface area contributed by atoms with Crippen LogP contribution in [0.2, 0.25) is 0 Å². The molecule has 1 unspecified atom stereocenters. The van der Waals surface area contributed by atoms with Crippen molar-refractivity contribution in [1.29, 1.82) is 0 Å². The summed E-state index contributed by atoms with van der Waals surface area (Å²) in [4.78, 5) is 13.0. The third-order valence-corrected chi connectivity index (χ3v) is 4.12. The van der Waals surface area contributed by atoms with Gasteiger partial charge in [-0.3, -0.25) is 9.69 Å². The second-order valence-corrected chi connectivity index (χ2v) is 5.53. The highest BCUT2D eigenvalue weighted by Gasteiger charge is 2.25. The summed E-state index contributed by atoms with van der Waals surface area (Å²) in [5, 5.41) is 8.72. The molecule has 1 aromatic rings. The van der Waals surface area contributed by atoms with Gasteiger partial charge in [0.2, 0.25) is 0 Å². The molecule has 0 aliphatic carbocycles. The highest BCUT2D eigenvalue weighted by Crippen LogP contribution is 2.32. The Morgan fingerprint density at radius 3 is 2.84 bits per heavy atom. The molecule has 1 aliphatic heterocycles. The van der Waals surface area contributed by atoms with Crippen LogP contribution in [-0.2, 0) is 4.79 Å². The molecule has 0 spiro atoms. The van der Waals surface area contributed by atoms with Crippen LogP contribution in [-0.4, -0.2) is 29.1 Å². The van der Waals surface area contributed by atoms with Gasteiger partial charge in [0.25, 0.3) is 0 Å². The fraction of sp³-hybridized carbons (Fsp3) is 0.562. The molecule has 0 aromatic heterocycles. The lowest BCUT2D eigenvalue weighted by Crippen LogP contribution is -2.25. The number of carboxylic acids is 1. The summed E-state index contributed by atoms with van der Waals surface area (Å²) in [6.45, 7) is 6.28. The minimum absolute atomic E-state index is 0.274. The van der Waals surface area contributed by atoms with E-state index in [1.807, 2.05) is 0 Å². The number of carboxylic acid groups (broad SMARTS) is 1. The van der Waals surface area contributed by atoms with E-state index in [0.29, 0.717) is 6.04 Å². The predicted molar refractivity (Wildman–Crippen MR) is 76.3 cm³/mol. The summed E-state index contributed by atoms with van der Waals surface area (Å²) in [5.74, 6) is -0.693. The molecule has 1 heterocycles. The number of hydrogen-bond donors (Lipinski definition) is 1. The van der Waals surface area contributed by atoms with Crippen LogP contribution >= 0.6 is 0 Å². The van der Waals surface area contributed by atoms with E-state index < -0.39 is 5.97 Å². The normalized spacial score (nSPS) is 19.8. The minimum atomic E-state index is -0.693. The predicted octanol–water partition coefficient (Wildman–Crippen LogP) is 3.31. The molecule has 0 saturated carbocycles. The summed E-state index contributed by atoms with van der Waals surface area (Å²) < 4.78 is 0. The third-order valence-electron chi connectivity index (χ3n) is 4.12. The van der Waals surface area contributed by atoms with Gasteiger partial charge in [0.15, 0.2) is 0 Å². The molecular weight excluding hydrogens is 238 g/mol. The van der Waals surface area contributed by atoms with Crippen molar-refractivity contribution in [2.45, 2.75) is 45.6 Å². The summed E-state index contributed by atoms with van der Waals surface area (Å²) in [6, 6.07) is 7.18. The van der Waals surface area contributed by atoms with E-state index in [0.717, 1.165) is 19.5 Å². The molecule has 1 fully saturated rings. The Morgan fingerprint density at radius 2 is 2.16 bits per heavy atom. The van der Waals surface area contributed by atoms with Crippen LogP contribution < -0.4 is 0 Å². The van der Waals surface area contributed by atoms with Crippen LogP contribution in [0, 0.1) is 13.8 Å². The van der Waals surface area contributed by atoms with Gasteiger partial charge >= 0.3 is 5.97 Å². The Hall–Kier alpha value is -1.35. The monoisotopic (exact) mass is 261 g/mol. The van der Waals surface area contributed by atoms with Gasteiger partial charge in [-0.2, -0.15) is 0 Å². The number of likely N-dealkylation sites (tertiary alicyclic amines) is 1. The molecule has 3 heteroatoms. The van der Waals surface area contributed by atoms with Crippen LogP contribution in [0.1, 0.15) is 48.4 Å². The third kappa shape index (κ3) is 3.57. The minimum Gasteiger partial charge on any atom is -0.481 e. The van der Waals surface area contributed by atoms with Gasteiger partial charge in [0.05, 0.1) is 0 Å². The van der Waals surface area contributed by atoms with E-state index in [2.05, 4.69) is 36.9 Å². The molecule has 1 atom stereocenters. The van der Waals surface area contributed by atoms with E-state index >= 15 is 0 Å². The van der Waals surface area contributed by atoms with Crippen molar-refractivity contribution < 1.29 is 9.90 Å². The van der Waals surface area contributed by atoms with Gasteiger partial charge < -0.3 is 5.11 Å². The van der Waals surface area contributed by atoms with Crippen LogP contribution in [0.5, 0.6) is 0 Å². The van der Waals surface area contributed by atoms with Crippen molar-refractivity contribution in [3.63, 3.8) is 0 Å². The number of nitrogens with zero attached hydrogens (tertiary/aromatic N) is 1. The topological polar surface area (TPSA) is 40.5 Å². The summed E-state index contributed by atoms with van der Waals surface area (Å²) in [6.07, 6.45) is 3.42. The maximum Gasteiger partial charge on any atom is 0.303 e. The standard InChI is InChI=1S/C16H23NO2/c1-12-7-8-14(11-13(12)2)15-5-3-9-17(15)10-4-6-16(18)19/h7-8,11,15H,3-6,9-10H2,1-2H3,(H,18,19). The van der Waals surface area contributed by atoms with Gasteiger partial charge in [-0.1, -0.05) is 18.2 Å². The molecule has 1 aromatic carbocycles. The highest BCUT2D eigenvalue weighted by molar-refractivity contribution is 5.66. The van der Waals surface area contributed by atoms with E-state index in [1.165, 1.54) is 29.5 Å². The lowest BCUT2D eigenvalue weighted by Gasteiger charge is -2.25. The van der Waals surface area contributed by atoms with Crippen molar-refractivity contribution in [3.05, 3.63) is 34.9 Å². The molecule has 1 aliphatic rings. The Bertz CT molecular complexity index is 456. The Labute approximate surface area is 115 Å². The molecule has 1 saturated heterocycles. The zero-order valence-electron chi connectivity index (χ0n) is 11.9. The second-order valence-electron chi connectivity index (χ2n) is 5.53. The van der Waals surface area contributed by atoms with Crippen molar-refractivity contribution in [3.8, 4) is 0 Å². The number of aliphatic carboxylic acids is 1. The molecule has 1 N–H and O–H groups in total. The fourth-order valence-electron chi connectivity index (χ4n) is 2.88. The number of rotatable bonds is 5. The lowest BCUT2D eigenvalue weighted by molar-refractivity contribution is -0.137. The molecule has 104 valence electrons. The molecular formula is C16H23NO2. The summed E-state index contributed by atoms with van der Waals surface area (Å²) in [7, 11) is 0. The smallest absolute Gasteiger partial charge is 0.303 e. The maximum absolute atomic E-state index is 10.6. The van der Waals surface area contributed by atoms with Crippen LogP contribution in [0.15, 0.2) is 18.2 Å². The van der Waals surface area contributed by atoms with E-state index in [-0.39, 0.29) is 6.42 Å². The average molecular weight is 261 g/mol. The highest BCUT2D eigenvalue weighted by atomic mass is 16.4. The number of benzene rings is 1. The molecule has 0 amide bonds. The largest absolute Gasteiger partial charge is 0.481 e. The van der Waals surface area contributed by atoms with Gasteiger partial charge in [-0.25, -0.2) is 0 Å². The zero-order chi connectivity index (χ0) is 13.8. The SMILES string of the molecule is Cc1ccc(C2CCCN2CCCC(=O)O)cc1C. The van der Waals surface area contributed by atoms with Crippen molar-refractivity contribution in [1.82, 2.24) is 4.90 Å². The van der Waals surface area contributed by atoms with Gasteiger partial charge in [-0.15, -0.1) is 0 Å². The maximum atomic E-state index is 10.6. The molecule has 2 rings (SSSR count). The van der Waals surface area contributed by atoms with Crippen molar-refractivity contribution in [2.24, 2.45) is 0 Å². The Balaban J connectivity index is 2.01. The first-order valence-corrected chi connectivity index (χ1v) is 7.11. The van der Waals surface area contributed by atoms with Crippen LogP contribution in [0.4, 0.5) is 0 Å². The number of hydrogen-bond acceptors (Lipinski definition) is 2. The first-order valence-electron chi connectivity index (χ1n) is 7.11. The molecule has 19 heavy (non-hydrogen) atoms. The molecule has 0 bridgehead atoms. The second kappa shape index (κ2) is 6.20. The van der Waals surface area contributed by atoms with Crippen molar-refractivity contribution in [2.75, 3.05) is 13.1 Å². The lowest BCUT2D eigenvalue weighted by atomic mass is 9.99. The number of aryl methyl sites for hydroxylation is 2. The summed E-state index contributed by atoms with van der Waals surface area (Å²) >= 11 is 0. The van der Waals surface area contributed by atoms with E-state index in [9.17, 15) is 4.79 Å². The van der Waals surface area contributed by atoms with Gasteiger partial charge in [0.1, 0.15) is 0 Å². The van der Waals surface area contributed by atoms with Crippen LogP contribution in [0.25, 0.3) is 0 Å². The zero-order valence-corrected chi connectivity index (χ0v) is 11.9. The van der Waals surface area contributed by atoms with E-state index in [1.54, 1.807) is 0 Å². The number of carbonyl (C=O) groups is 1. The Morgan fingerprint density at radius 1 is 1.37 bits per heavy atom. The quantitative estimate of drug-likeness (QED) is 0.884. The fourth-order valence-corrected chi connectivity index (χ4v) is 2.88. The molecule has 3 nitrogen and oxygen atoms in total. The first-order chi connectivity index (χ1) is 9.08. The Kier molecular flexibility index (Phi) is 4.59. The van der Waals surface area contributed by atoms with Crippen molar-refractivity contribution >= 4 is 5.97 Å². The van der Waals surface area contributed by atoms with E-state index in [4.69, 9.17) is 5.11 Å². The van der Waals surface area contributed by atoms with Gasteiger partial charge in [-0.05, 0) is 62.9 Å².